The summed E-state index contributed by atoms with van der Waals surface area (Å²) in [6.07, 6.45) is 1.29. The van der Waals surface area contributed by atoms with Gasteiger partial charge in [-0.1, -0.05) is 25.2 Å². The Kier molecular flexibility index (Phi) is 7.45. The molecular weight excluding hydrogens is 504 g/mol. The van der Waals surface area contributed by atoms with Gasteiger partial charge in [0.25, 0.3) is 5.56 Å². The van der Waals surface area contributed by atoms with Gasteiger partial charge in [-0.3, -0.25) is 14.2 Å². The zero-order chi connectivity index (χ0) is 26.0. The highest BCUT2D eigenvalue weighted by molar-refractivity contribution is 7.22. The minimum Gasteiger partial charge on any atom is -0.462 e. The third-order valence-corrected chi connectivity index (χ3v) is 7.22. The number of benzene rings is 1. The number of aryl methyl sites for hydroxylation is 1. The van der Waals surface area contributed by atoms with Crippen molar-refractivity contribution in [3.63, 3.8) is 0 Å². The van der Waals surface area contributed by atoms with Crippen LogP contribution >= 0.6 is 22.7 Å². The number of carbonyl (C=O) groups excluding carboxylic acids is 3. The van der Waals surface area contributed by atoms with Crippen LogP contribution in [0.1, 0.15) is 46.4 Å². The molecule has 0 aliphatic heterocycles. The summed E-state index contributed by atoms with van der Waals surface area (Å²) >= 11 is 2.30. The Labute approximate surface area is 213 Å². The number of thiophene rings is 1. The van der Waals surface area contributed by atoms with E-state index in [1.165, 1.54) is 22.2 Å². The molecule has 0 spiro atoms. The number of ether oxygens (including phenoxy) is 2. The quantitative estimate of drug-likeness (QED) is 0.340. The zero-order valence-electron chi connectivity index (χ0n) is 20.1. The molecular formula is C24H24N4O6S2. The molecule has 0 aliphatic rings. The number of fused-ring (bicyclic) bond motifs is 2. The third kappa shape index (κ3) is 5.29. The second kappa shape index (κ2) is 10.5. The fourth-order valence-electron chi connectivity index (χ4n) is 3.41. The van der Waals surface area contributed by atoms with Crippen molar-refractivity contribution in [2.75, 3.05) is 18.5 Å². The minimum atomic E-state index is -0.491. The summed E-state index contributed by atoms with van der Waals surface area (Å²) in [6.45, 7) is 7.54. The summed E-state index contributed by atoms with van der Waals surface area (Å²) in [5, 5.41) is 3.31. The van der Waals surface area contributed by atoms with Crippen molar-refractivity contribution in [3.8, 4) is 0 Å². The Balaban J connectivity index is 1.51. The Bertz CT molecular complexity index is 1530. The van der Waals surface area contributed by atoms with Crippen LogP contribution in [0.25, 0.3) is 20.4 Å². The molecule has 0 unspecified atom stereocenters. The van der Waals surface area contributed by atoms with Gasteiger partial charge in [0.2, 0.25) is 5.91 Å². The van der Waals surface area contributed by atoms with E-state index < -0.39 is 23.4 Å². The van der Waals surface area contributed by atoms with E-state index in [9.17, 15) is 19.2 Å². The number of thiazole rings is 1. The molecule has 1 aromatic carbocycles. The van der Waals surface area contributed by atoms with Crippen molar-refractivity contribution in [1.82, 2.24) is 14.5 Å². The molecule has 4 rings (SSSR count). The Morgan fingerprint density at radius 2 is 1.92 bits per heavy atom. The predicted molar refractivity (Wildman–Crippen MR) is 138 cm³/mol. The topological polar surface area (TPSA) is 129 Å². The zero-order valence-corrected chi connectivity index (χ0v) is 21.7. The summed E-state index contributed by atoms with van der Waals surface area (Å²) in [4.78, 5) is 59.5. The highest BCUT2D eigenvalue weighted by atomic mass is 32.1. The lowest BCUT2D eigenvalue weighted by Gasteiger charge is -2.06. The number of carbonyl (C=O) groups is 3. The molecule has 3 aromatic heterocycles. The summed E-state index contributed by atoms with van der Waals surface area (Å²) in [5.41, 5.74) is 1.08. The van der Waals surface area contributed by atoms with Crippen LogP contribution in [-0.2, 0) is 20.8 Å². The van der Waals surface area contributed by atoms with Crippen molar-refractivity contribution in [1.29, 1.82) is 0 Å². The number of hydrogen-bond donors (Lipinski definition) is 1. The molecule has 0 saturated heterocycles. The maximum atomic E-state index is 13.1. The van der Waals surface area contributed by atoms with E-state index in [4.69, 9.17) is 9.47 Å². The van der Waals surface area contributed by atoms with E-state index in [1.54, 1.807) is 32.0 Å². The highest BCUT2D eigenvalue weighted by Gasteiger charge is 2.21. The molecule has 1 amide bonds. The van der Waals surface area contributed by atoms with Gasteiger partial charge in [0.1, 0.15) is 16.3 Å². The van der Waals surface area contributed by atoms with E-state index in [1.807, 2.05) is 13.8 Å². The molecule has 0 atom stereocenters. The standard InChI is InChI=1S/C24H24N4O6S2/c1-5-33-22(31)14-6-7-15-16(8-14)35-24(26-15)27-17(29)9-28-11-25-20-18(21(28)30)13(4)19(36-20)23(32)34-10-12(2)3/h6-8,11-12H,5,9-10H2,1-4H3,(H,26,27,29). The number of esters is 2. The van der Waals surface area contributed by atoms with Gasteiger partial charge in [-0.15, -0.1) is 11.3 Å². The third-order valence-electron chi connectivity index (χ3n) is 5.11. The maximum absolute atomic E-state index is 13.1. The number of anilines is 1. The molecule has 36 heavy (non-hydrogen) atoms. The van der Waals surface area contributed by atoms with Crippen LogP contribution in [0.3, 0.4) is 0 Å². The molecule has 0 aliphatic carbocycles. The molecule has 12 heteroatoms. The Morgan fingerprint density at radius 1 is 1.14 bits per heavy atom. The largest absolute Gasteiger partial charge is 0.462 e. The number of nitrogens with one attached hydrogen (secondary N) is 1. The van der Waals surface area contributed by atoms with Gasteiger partial charge in [0.05, 0.1) is 40.7 Å². The van der Waals surface area contributed by atoms with Gasteiger partial charge in [-0.2, -0.15) is 0 Å². The normalized spacial score (nSPS) is 11.2. The number of hydrogen-bond acceptors (Lipinski definition) is 10. The Hall–Kier alpha value is -3.64. The Morgan fingerprint density at radius 3 is 2.64 bits per heavy atom. The van der Waals surface area contributed by atoms with E-state index in [2.05, 4.69) is 15.3 Å². The summed E-state index contributed by atoms with van der Waals surface area (Å²) < 4.78 is 12.2. The predicted octanol–water partition coefficient (Wildman–Crippen LogP) is 4.00. The molecule has 4 aromatic rings. The van der Waals surface area contributed by atoms with E-state index in [0.717, 1.165) is 11.3 Å². The first kappa shape index (κ1) is 25.5. The monoisotopic (exact) mass is 528 g/mol. The lowest BCUT2D eigenvalue weighted by molar-refractivity contribution is -0.116. The van der Waals surface area contributed by atoms with Gasteiger partial charge >= 0.3 is 11.9 Å². The summed E-state index contributed by atoms with van der Waals surface area (Å²) in [7, 11) is 0. The molecule has 10 nitrogen and oxygen atoms in total. The first-order chi connectivity index (χ1) is 17.2. The van der Waals surface area contributed by atoms with Crippen LogP contribution in [-0.4, -0.2) is 45.6 Å². The van der Waals surface area contributed by atoms with Gasteiger partial charge in [-0.05, 0) is 43.5 Å². The molecule has 0 fully saturated rings. The average Bonchev–Trinajstić information content (AvgIpc) is 3.39. The van der Waals surface area contributed by atoms with Crippen LogP contribution in [0.4, 0.5) is 5.13 Å². The second-order valence-electron chi connectivity index (χ2n) is 8.38. The van der Waals surface area contributed by atoms with Crippen molar-refractivity contribution in [2.24, 2.45) is 5.92 Å². The SMILES string of the molecule is CCOC(=O)c1ccc2nc(NC(=O)Cn3cnc4sc(C(=O)OCC(C)C)c(C)c4c3=O)sc2c1. The molecule has 3 heterocycles. The second-order valence-corrected chi connectivity index (χ2v) is 10.4. The smallest absolute Gasteiger partial charge is 0.348 e. The average molecular weight is 529 g/mol. The van der Waals surface area contributed by atoms with Gasteiger partial charge in [-0.25, -0.2) is 19.6 Å². The lowest BCUT2D eigenvalue weighted by atomic mass is 10.2. The fraction of sp³-hybridized carbons (Fsp3) is 0.333. The number of amides is 1. The van der Waals surface area contributed by atoms with Crippen molar-refractivity contribution >= 4 is 66.1 Å². The first-order valence-corrected chi connectivity index (χ1v) is 12.8. The van der Waals surface area contributed by atoms with Crippen LogP contribution in [0, 0.1) is 12.8 Å². The van der Waals surface area contributed by atoms with Crippen LogP contribution in [0.5, 0.6) is 0 Å². The van der Waals surface area contributed by atoms with E-state index in [-0.39, 0.29) is 25.7 Å². The molecule has 188 valence electrons. The molecule has 0 bridgehead atoms. The van der Waals surface area contributed by atoms with Crippen LogP contribution in [0.2, 0.25) is 0 Å². The molecule has 0 radical (unpaired) electrons. The van der Waals surface area contributed by atoms with Crippen LogP contribution < -0.4 is 10.9 Å². The van der Waals surface area contributed by atoms with Gasteiger partial charge in [0.15, 0.2) is 5.13 Å². The van der Waals surface area contributed by atoms with Gasteiger partial charge in [0, 0.05) is 0 Å². The van der Waals surface area contributed by atoms with E-state index in [0.29, 0.717) is 41.6 Å². The first-order valence-electron chi connectivity index (χ1n) is 11.2. The number of rotatable bonds is 8. The molecule has 0 saturated carbocycles. The van der Waals surface area contributed by atoms with Crippen molar-refractivity contribution < 1.29 is 23.9 Å². The van der Waals surface area contributed by atoms with Gasteiger partial charge < -0.3 is 14.8 Å². The molecule has 1 N–H and O–H groups in total. The number of aromatic nitrogens is 3. The number of nitrogens with zero attached hydrogens (tertiary/aromatic N) is 3. The lowest BCUT2D eigenvalue weighted by Crippen LogP contribution is -2.27. The summed E-state index contributed by atoms with van der Waals surface area (Å²) in [6, 6.07) is 4.95. The fourth-order valence-corrected chi connectivity index (χ4v) is 5.36. The summed E-state index contributed by atoms with van der Waals surface area (Å²) in [5.74, 6) is -1.20. The highest BCUT2D eigenvalue weighted by Crippen LogP contribution is 2.28. The minimum absolute atomic E-state index is 0.188. The van der Waals surface area contributed by atoms with Crippen molar-refractivity contribution in [2.45, 2.75) is 34.2 Å². The van der Waals surface area contributed by atoms with E-state index >= 15 is 0 Å². The van der Waals surface area contributed by atoms with Crippen molar-refractivity contribution in [3.05, 3.63) is 50.9 Å². The maximum Gasteiger partial charge on any atom is 0.348 e. The van der Waals surface area contributed by atoms with Crippen LogP contribution in [0.15, 0.2) is 29.3 Å².